The highest BCUT2D eigenvalue weighted by Crippen LogP contribution is 2.23. The van der Waals surface area contributed by atoms with Crippen LogP contribution in [0.1, 0.15) is 10.6 Å². The maximum atomic E-state index is 10.4. The van der Waals surface area contributed by atoms with Crippen LogP contribution in [0.3, 0.4) is 0 Å². The van der Waals surface area contributed by atoms with Gasteiger partial charge in [-0.3, -0.25) is 10.1 Å². The summed E-state index contributed by atoms with van der Waals surface area (Å²) in [6, 6.07) is 5.03. The van der Waals surface area contributed by atoms with Gasteiger partial charge in [-0.15, -0.1) is 0 Å². The molecular formula is C9H9N3O3S. The van der Waals surface area contributed by atoms with Gasteiger partial charge >= 0.3 is 5.00 Å². The van der Waals surface area contributed by atoms with Gasteiger partial charge in [0.1, 0.15) is 6.26 Å². The lowest BCUT2D eigenvalue weighted by Crippen LogP contribution is -2.11. The minimum atomic E-state index is -0.383. The molecule has 2 rings (SSSR count). The van der Waals surface area contributed by atoms with Crippen molar-refractivity contribution in [3.63, 3.8) is 0 Å². The third-order valence-corrected chi connectivity index (χ3v) is 2.96. The molecule has 7 heteroatoms. The zero-order chi connectivity index (χ0) is 11.4. The lowest BCUT2D eigenvalue weighted by atomic mass is 10.4. The van der Waals surface area contributed by atoms with E-state index in [1.54, 1.807) is 12.1 Å². The largest absolute Gasteiger partial charge is 0.364 e. The molecule has 0 bridgehead atoms. The number of nitrogens with zero attached hydrogens (tertiary/aromatic N) is 2. The van der Waals surface area contributed by atoms with Crippen molar-refractivity contribution in [2.45, 2.75) is 13.1 Å². The van der Waals surface area contributed by atoms with Crippen LogP contribution >= 0.6 is 11.3 Å². The summed E-state index contributed by atoms with van der Waals surface area (Å²) in [5, 5.41) is 17.5. The van der Waals surface area contributed by atoms with Crippen molar-refractivity contribution in [1.29, 1.82) is 0 Å². The van der Waals surface area contributed by atoms with Crippen molar-refractivity contribution in [2.24, 2.45) is 0 Å². The van der Waals surface area contributed by atoms with Crippen LogP contribution in [0.15, 0.2) is 29.0 Å². The highest BCUT2D eigenvalue weighted by Gasteiger charge is 2.09. The predicted octanol–water partition coefficient (Wildman–Crippen LogP) is 1.93. The molecule has 0 amide bonds. The minimum Gasteiger partial charge on any atom is -0.364 e. The summed E-state index contributed by atoms with van der Waals surface area (Å²) >= 11 is 1.17. The van der Waals surface area contributed by atoms with Gasteiger partial charge in [0.2, 0.25) is 0 Å². The molecule has 0 saturated carbocycles. The smallest absolute Gasteiger partial charge is 0.324 e. The van der Waals surface area contributed by atoms with Gasteiger partial charge in [-0.2, -0.15) is 0 Å². The Morgan fingerprint density at radius 3 is 2.94 bits per heavy atom. The maximum Gasteiger partial charge on any atom is 0.324 e. The number of rotatable bonds is 5. The Hall–Kier alpha value is -1.73. The second-order valence-electron chi connectivity index (χ2n) is 3.09. The quantitative estimate of drug-likeness (QED) is 0.637. The third kappa shape index (κ3) is 2.65. The molecule has 0 aliphatic rings. The van der Waals surface area contributed by atoms with Crippen LogP contribution in [0.25, 0.3) is 0 Å². The summed E-state index contributed by atoms with van der Waals surface area (Å²) in [4.78, 5) is 11.0. The molecule has 0 aliphatic carbocycles. The molecule has 6 nitrogen and oxygen atoms in total. The van der Waals surface area contributed by atoms with Crippen molar-refractivity contribution in [3.8, 4) is 0 Å². The average molecular weight is 239 g/mol. The standard InChI is InChI=1S/C9H9N3O3S/c13-12(14)9-2-1-8(16-9)6-10-5-7-3-4-15-11-7/h1-4,10H,5-6H2. The van der Waals surface area contributed by atoms with Crippen LogP contribution in [0.2, 0.25) is 0 Å². The maximum absolute atomic E-state index is 10.4. The Morgan fingerprint density at radius 1 is 1.44 bits per heavy atom. The first-order valence-electron chi connectivity index (χ1n) is 4.59. The van der Waals surface area contributed by atoms with Gasteiger partial charge < -0.3 is 9.84 Å². The molecule has 2 aromatic heterocycles. The molecule has 0 saturated heterocycles. The van der Waals surface area contributed by atoms with Crippen LogP contribution in [0.4, 0.5) is 5.00 Å². The van der Waals surface area contributed by atoms with Crippen LogP contribution in [0, 0.1) is 10.1 Å². The zero-order valence-electron chi connectivity index (χ0n) is 8.25. The van der Waals surface area contributed by atoms with E-state index >= 15 is 0 Å². The van der Waals surface area contributed by atoms with Gasteiger partial charge in [0.15, 0.2) is 0 Å². The minimum absolute atomic E-state index is 0.165. The summed E-state index contributed by atoms with van der Waals surface area (Å²) in [6.07, 6.45) is 1.51. The molecule has 0 atom stereocenters. The molecule has 84 valence electrons. The highest BCUT2D eigenvalue weighted by molar-refractivity contribution is 7.15. The van der Waals surface area contributed by atoms with E-state index in [-0.39, 0.29) is 9.92 Å². The van der Waals surface area contributed by atoms with Gasteiger partial charge in [0.05, 0.1) is 10.6 Å². The van der Waals surface area contributed by atoms with Gasteiger partial charge in [0.25, 0.3) is 0 Å². The summed E-state index contributed by atoms with van der Waals surface area (Å²) in [6.45, 7) is 1.17. The van der Waals surface area contributed by atoms with E-state index in [4.69, 9.17) is 0 Å². The Labute approximate surface area is 95.0 Å². The molecule has 2 aromatic rings. The van der Waals surface area contributed by atoms with E-state index in [1.807, 2.05) is 0 Å². The SMILES string of the molecule is O=[N+]([O-])c1ccc(CNCc2ccon2)s1. The molecule has 0 aromatic carbocycles. The molecule has 0 fully saturated rings. The topological polar surface area (TPSA) is 81.2 Å². The highest BCUT2D eigenvalue weighted by atomic mass is 32.1. The monoisotopic (exact) mass is 239 g/mol. The lowest BCUT2D eigenvalue weighted by Gasteiger charge is -1.97. The molecule has 0 unspecified atom stereocenters. The van der Waals surface area contributed by atoms with Crippen molar-refractivity contribution in [3.05, 3.63) is 45.1 Å². The van der Waals surface area contributed by atoms with E-state index in [0.717, 1.165) is 10.6 Å². The molecule has 0 radical (unpaired) electrons. The summed E-state index contributed by atoms with van der Waals surface area (Å²) in [5.74, 6) is 0. The third-order valence-electron chi connectivity index (χ3n) is 1.92. The number of thiophene rings is 1. The molecular weight excluding hydrogens is 230 g/mol. The fourth-order valence-corrected chi connectivity index (χ4v) is 1.99. The molecule has 0 aliphatic heterocycles. The number of hydrogen-bond acceptors (Lipinski definition) is 6. The van der Waals surface area contributed by atoms with E-state index in [0.29, 0.717) is 13.1 Å². The van der Waals surface area contributed by atoms with Crippen molar-refractivity contribution >= 4 is 16.3 Å². The van der Waals surface area contributed by atoms with Crippen LogP contribution in [0.5, 0.6) is 0 Å². The van der Waals surface area contributed by atoms with E-state index in [2.05, 4.69) is 15.0 Å². The number of nitrogens with one attached hydrogen (secondary N) is 1. The molecule has 1 N–H and O–H groups in total. The van der Waals surface area contributed by atoms with E-state index < -0.39 is 0 Å². The van der Waals surface area contributed by atoms with Crippen molar-refractivity contribution < 1.29 is 9.45 Å². The number of hydrogen-bond donors (Lipinski definition) is 1. The first-order chi connectivity index (χ1) is 7.75. The van der Waals surface area contributed by atoms with Gasteiger partial charge in [-0.05, 0) is 6.07 Å². The van der Waals surface area contributed by atoms with E-state index in [1.165, 1.54) is 23.7 Å². The summed E-state index contributed by atoms with van der Waals surface area (Å²) in [5.41, 5.74) is 0.811. The van der Waals surface area contributed by atoms with Crippen molar-refractivity contribution in [2.75, 3.05) is 0 Å². The molecule has 0 spiro atoms. The Balaban J connectivity index is 1.83. The fourth-order valence-electron chi connectivity index (χ4n) is 1.20. The second-order valence-corrected chi connectivity index (χ2v) is 4.24. The zero-order valence-corrected chi connectivity index (χ0v) is 9.07. The van der Waals surface area contributed by atoms with Crippen LogP contribution < -0.4 is 5.32 Å². The molecule has 2 heterocycles. The molecule has 16 heavy (non-hydrogen) atoms. The Bertz CT molecular complexity index is 466. The van der Waals surface area contributed by atoms with Crippen molar-refractivity contribution in [1.82, 2.24) is 10.5 Å². The fraction of sp³-hybridized carbons (Fsp3) is 0.222. The average Bonchev–Trinajstić information content (AvgIpc) is 2.87. The normalized spacial score (nSPS) is 10.5. The number of nitro groups is 1. The first kappa shape index (κ1) is 10.8. The van der Waals surface area contributed by atoms with E-state index in [9.17, 15) is 10.1 Å². The van der Waals surface area contributed by atoms with Crippen LogP contribution in [-0.4, -0.2) is 10.1 Å². The second kappa shape index (κ2) is 4.86. The van der Waals surface area contributed by atoms with Crippen LogP contribution in [-0.2, 0) is 13.1 Å². The summed E-state index contributed by atoms with van der Waals surface area (Å²) in [7, 11) is 0. The first-order valence-corrected chi connectivity index (χ1v) is 5.40. The number of aromatic nitrogens is 1. The predicted molar refractivity (Wildman–Crippen MR) is 58.0 cm³/mol. The lowest BCUT2D eigenvalue weighted by molar-refractivity contribution is -0.380. The van der Waals surface area contributed by atoms with Gasteiger partial charge in [-0.25, -0.2) is 0 Å². The Morgan fingerprint density at radius 2 is 2.31 bits per heavy atom. The van der Waals surface area contributed by atoms with Gasteiger partial charge in [0, 0.05) is 30.1 Å². The Kier molecular flexibility index (Phi) is 3.28. The van der Waals surface area contributed by atoms with Gasteiger partial charge in [-0.1, -0.05) is 16.5 Å². The summed E-state index contributed by atoms with van der Waals surface area (Å²) < 4.78 is 4.68.